The number of carbonyl (C=O) groups is 1. The van der Waals surface area contributed by atoms with Crippen molar-refractivity contribution in [3.8, 4) is 5.75 Å². The van der Waals surface area contributed by atoms with Gasteiger partial charge in [0, 0.05) is 18.8 Å². The lowest BCUT2D eigenvalue weighted by molar-refractivity contribution is -0.160. The second-order valence-corrected chi connectivity index (χ2v) is 7.50. The largest absolute Gasteiger partial charge is 0.494 e. The van der Waals surface area contributed by atoms with E-state index in [0.29, 0.717) is 26.2 Å². The molecule has 2 heterocycles. The molecule has 5 nitrogen and oxygen atoms in total. The molecule has 1 unspecified atom stereocenters. The van der Waals surface area contributed by atoms with Crippen LogP contribution in [0, 0.1) is 12.3 Å². The molecular weight excluding hydrogens is 352 g/mol. The van der Waals surface area contributed by atoms with E-state index in [2.05, 4.69) is 9.88 Å². The second kappa shape index (κ2) is 9.69. The molecule has 1 fully saturated rings. The van der Waals surface area contributed by atoms with Gasteiger partial charge in [-0.3, -0.25) is 14.7 Å². The molecule has 1 aliphatic rings. The van der Waals surface area contributed by atoms with Crippen molar-refractivity contribution in [2.75, 3.05) is 26.3 Å². The monoisotopic (exact) mass is 382 g/mol. The molecule has 28 heavy (non-hydrogen) atoms. The Morgan fingerprint density at radius 1 is 1.18 bits per heavy atom. The fourth-order valence-corrected chi connectivity index (χ4v) is 3.92. The first-order valence-corrected chi connectivity index (χ1v) is 10.1. The summed E-state index contributed by atoms with van der Waals surface area (Å²) in [6.45, 7) is 7.17. The molecule has 2 aromatic rings. The van der Waals surface area contributed by atoms with Crippen molar-refractivity contribution in [2.45, 2.75) is 39.7 Å². The Morgan fingerprint density at radius 2 is 2.00 bits per heavy atom. The van der Waals surface area contributed by atoms with Gasteiger partial charge in [-0.25, -0.2) is 0 Å². The van der Waals surface area contributed by atoms with Crippen LogP contribution < -0.4 is 4.74 Å². The standard InChI is InChI=1S/C23H30N2O3/c1-3-27-22(26)23(14-16-28-21-11-5-4-6-12-21)13-8-15-25(18-23)17-20-10-7-9-19(2)24-20/h4-7,9-12H,3,8,13-18H2,1-2H3. The molecule has 5 heteroatoms. The lowest BCUT2D eigenvalue weighted by Gasteiger charge is -2.40. The summed E-state index contributed by atoms with van der Waals surface area (Å²) in [7, 11) is 0. The first-order chi connectivity index (χ1) is 13.6. The summed E-state index contributed by atoms with van der Waals surface area (Å²) in [5.74, 6) is 0.728. The summed E-state index contributed by atoms with van der Waals surface area (Å²) < 4.78 is 11.4. The molecule has 0 radical (unpaired) electrons. The van der Waals surface area contributed by atoms with E-state index < -0.39 is 5.41 Å². The Morgan fingerprint density at radius 3 is 2.75 bits per heavy atom. The molecule has 0 bridgehead atoms. The number of piperidine rings is 1. The summed E-state index contributed by atoms with van der Waals surface area (Å²) in [5.41, 5.74) is 1.54. The number of hydrogen-bond acceptors (Lipinski definition) is 5. The molecule has 0 amide bonds. The van der Waals surface area contributed by atoms with Gasteiger partial charge in [-0.15, -0.1) is 0 Å². The highest BCUT2D eigenvalue weighted by atomic mass is 16.5. The number of carbonyl (C=O) groups excluding carboxylic acids is 1. The zero-order valence-corrected chi connectivity index (χ0v) is 16.9. The predicted molar refractivity (Wildman–Crippen MR) is 109 cm³/mol. The number of hydrogen-bond donors (Lipinski definition) is 0. The Kier molecular flexibility index (Phi) is 7.04. The van der Waals surface area contributed by atoms with Crippen molar-refractivity contribution in [1.29, 1.82) is 0 Å². The Balaban J connectivity index is 1.68. The van der Waals surface area contributed by atoms with Crippen LogP contribution in [0.4, 0.5) is 0 Å². The minimum atomic E-state index is -0.521. The molecule has 1 aliphatic heterocycles. The Labute approximate surface area is 167 Å². The number of rotatable bonds is 8. The van der Waals surface area contributed by atoms with Crippen molar-refractivity contribution in [2.24, 2.45) is 5.41 Å². The van der Waals surface area contributed by atoms with Crippen molar-refractivity contribution in [1.82, 2.24) is 9.88 Å². The van der Waals surface area contributed by atoms with Gasteiger partial charge in [-0.1, -0.05) is 24.3 Å². The van der Waals surface area contributed by atoms with Crippen LogP contribution in [-0.4, -0.2) is 42.2 Å². The fourth-order valence-electron chi connectivity index (χ4n) is 3.92. The molecule has 0 aliphatic carbocycles. The zero-order chi connectivity index (χ0) is 19.8. The average molecular weight is 383 g/mol. The van der Waals surface area contributed by atoms with Gasteiger partial charge in [-0.2, -0.15) is 0 Å². The van der Waals surface area contributed by atoms with E-state index in [0.717, 1.165) is 43.1 Å². The van der Waals surface area contributed by atoms with Crippen LogP contribution in [0.3, 0.4) is 0 Å². The number of benzene rings is 1. The maximum absolute atomic E-state index is 12.9. The summed E-state index contributed by atoms with van der Waals surface area (Å²) in [6.07, 6.45) is 2.45. The van der Waals surface area contributed by atoms with Crippen molar-refractivity contribution >= 4 is 5.97 Å². The molecule has 0 saturated carbocycles. The highest BCUT2D eigenvalue weighted by Crippen LogP contribution is 2.36. The number of aromatic nitrogens is 1. The van der Waals surface area contributed by atoms with E-state index in [4.69, 9.17) is 9.47 Å². The van der Waals surface area contributed by atoms with Crippen molar-refractivity contribution < 1.29 is 14.3 Å². The zero-order valence-electron chi connectivity index (χ0n) is 16.9. The summed E-state index contributed by atoms with van der Waals surface area (Å²) in [5, 5.41) is 0. The Hall–Kier alpha value is -2.40. The predicted octanol–water partition coefficient (Wildman–Crippen LogP) is 4.00. The highest BCUT2D eigenvalue weighted by molar-refractivity contribution is 5.77. The third kappa shape index (κ3) is 5.32. The molecule has 1 aromatic carbocycles. The number of nitrogens with zero attached hydrogens (tertiary/aromatic N) is 2. The van der Waals surface area contributed by atoms with Crippen molar-refractivity contribution in [3.05, 3.63) is 59.9 Å². The van der Waals surface area contributed by atoms with Gasteiger partial charge in [0.2, 0.25) is 0 Å². The van der Waals surface area contributed by atoms with Crippen LogP contribution in [0.2, 0.25) is 0 Å². The van der Waals surface area contributed by atoms with E-state index in [1.807, 2.05) is 62.4 Å². The van der Waals surface area contributed by atoms with E-state index in [-0.39, 0.29) is 5.97 Å². The number of aryl methyl sites for hydroxylation is 1. The summed E-state index contributed by atoms with van der Waals surface area (Å²) in [6, 6.07) is 15.8. The van der Waals surface area contributed by atoms with Crippen LogP contribution >= 0.6 is 0 Å². The van der Waals surface area contributed by atoms with Gasteiger partial charge < -0.3 is 9.47 Å². The van der Waals surface area contributed by atoms with Gasteiger partial charge in [0.25, 0.3) is 0 Å². The lowest BCUT2D eigenvalue weighted by atomic mass is 9.77. The van der Waals surface area contributed by atoms with E-state index in [9.17, 15) is 4.79 Å². The van der Waals surface area contributed by atoms with Crippen LogP contribution in [0.25, 0.3) is 0 Å². The van der Waals surface area contributed by atoms with Gasteiger partial charge in [0.15, 0.2) is 0 Å². The molecule has 0 spiro atoms. The van der Waals surface area contributed by atoms with Gasteiger partial charge >= 0.3 is 5.97 Å². The third-order valence-electron chi connectivity index (χ3n) is 5.29. The topological polar surface area (TPSA) is 51.7 Å². The molecular formula is C23H30N2O3. The van der Waals surface area contributed by atoms with Crippen molar-refractivity contribution in [3.63, 3.8) is 0 Å². The third-order valence-corrected chi connectivity index (χ3v) is 5.29. The molecule has 1 saturated heterocycles. The first-order valence-electron chi connectivity index (χ1n) is 10.1. The minimum absolute atomic E-state index is 0.103. The summed E-state index contributed by atoms with van der Waals surface area (Å²) >= 11 is 0. The van der Waals surface area contributed by atoms with E-state index in [1.54, 1.807) is 0 Å². The number of esters is 1. The molecule has 0 N–H and O–H groups in total. The van der Waals surface area contributed by atoms with Gasteiger partial charge in [0.05, 0.1) is 24.3 Å². The van der Waals surface area contributed by atoms with E-state index in [1.165, 1.54) is 0 Å². The molecule has 1 atom stereocenters. The van der Waals surface area contributed by atoms with Crippen LogP contribution in [0.1, 0.15) is 37.6 Å². The number of pyridine rings is 1. The average Bonchev–Trinajstić information content (AvgIpc) is 2.69. The highest BCUT2D eigenvalue weighted by Gasteiger charge is 2.43. The number of para-hydroxylation sites is 1. The van der Waals surface area contributed by atoms with E-state index >= 15 is 0 Å². The molecule has 3 rings (SSSR count). The molecule has 150 valence electrons. The minimum Gasteiger partial charge on any atom is -0.494 e. The smallest absolute Gasteiger partial charge is 0.313 e. The van der Waals surface area contributed by atoms with Crippen LogP contribution in [0.15, 0.2) is 48.5 Å². The quantitative estimate of drug-likeness (QED) is 0.646. The lowest BCUT2D eigenvalue weighted by Crippen LogP contribution is -2.49. The normalized spacial score (nSPS) is 19.9. The second-order valence-electron chi connectivity index (χ2n) is 7.50. The van der Waals surface area contributed by atoms with Crippen LogP contribution in [0.5, 0.6) is 5.75 Å². The molecule has 1 aromatic heterocycles. The first kappa shape index (κ1) is 20.3. The number of likely N-dealkylation sites (tertiary alicyclic amines) is 1. The number of ether oxygens (including phenoxy) is 2. The maximum atomic E-state index is 12.9. The fraction of sp³-hybridized carbons (Fsp3) is 0.478. The van der Waals surface area contributed by atoms with Gasteiger partial charge in [0.1, 0.15) is 5.75 Å². The maximum Gasteiger partial charge on any atom is 0.313 e. The van der Waals surface area contributed by atoms with Gasteiger partial charge in [-0.05, 0) is 63.9 Å². The summed E-state index contributed by atoms with van der Waals surface area (Å²) in [4.78, 5) is 19.8. The van der Waals surface area contributed by atoms with Crippen LogP contribution in [-0.2, 0) is 16.1 Å². The SMILES string of the molecule is CCOC(=O)C1(CCOc2ccccc2)CCCN(Cc2cccc(C)n2)C1. The Bertz CT molecular complexity index is 765.